The molecule has 2 heterocycles. The van der Waals surface area contributed by atoms with E-state index in [1.54, 1.807) is 36.4 Å². The average Bonchev–Trinajstić information content (AvgIpc) is 2.99. The summed E-state index contributed by atoms with van der Waals surface area (Å²) in [6.45, 7) is 3.35. The molecule has 2 amide bonds. The fourth-order valence-electron chi connectivity index (χ4n) is 3.65. The molecular weight excluding hydrogens is 500 g/mol. The molecule has 1 saturated heterocycles. The van der Waals surface area contributed by atoms with Crippen LogP contribution in [0.1, 0.15) is 20.7 Å². The van der Waals surface area contributed by atoms with Crippen LogP contribution in [-0.2, 0) is 0 Å². The number of nitrogens with zero attached hydrogens (tertiary/aromatic N) is 4. The topological polar surface area (TPSA) is 82.2 Å². The van der Waals surface area contributed by atoms with Gasteiger partial charge in [-0.05, 0) is 36.4 Å². The number of hydrogen-bond acceptors (Lipinski definition) is 4. The number of carbonyl (C=O) groups is 2. The minimum absolute atomic E-state index is 0. The van der Waals surface area contributed by atoms with Crippen molar-refractivity contribution in [2.45, 2.75) is 0 Å². The van der Waals surface area contributed by atoms with Crippen LogP contribution >= 0.6 is 24.0 Å². The molecule has 0 aliphatic carbocycles. The molecule has 2 N–H and O–H groups in total. The lowest BCUT2D eigenvalue weighted by atomic mass is 10.1. The molecule has 7 nitrogen and oxygen atoms in total. The summed E-state index contributed by atoms with van der Waals surface area (Å²) >= 11 is 0. The van der Waals surface area contributed by atoms with Gasteiger partial charge in [0.2, 0.25) is 0 Å². The number of guanidine groups is 1. The lowest BCUT2D eigenvalue weighted by molar-refractivity contribution is 0.0659. The zero-order valence-corrected chi connectivity index (χ0v) is 18.7. The van der Waals surface area contributed by atoms with E-state index in [-0.39, 0.29) is 54.7 Å². The van der Waals surface area contributed by atoms with Crippen molar-refractivity contribution in [3.63, 3.8) is 0 Å². The van der Waals surface area contributed by atoms with E-state index in [1.807, 2.05) is 4.90 Å². The van der Waals surface area contributed by atoms with Gasteiger partial charge in [0.05, 0.1) is 17.7 Å². The maximum absolute atomic E-state index is 13.1. The highest BCUT2D eigenvalue weighted by molar-refractivity contribution is 14.0. The molecule has 0 bridgehead atoms. The number of fused-ring (bicyclic) bond motifs is 1. The largest absolute Gasteiger partial charge is 0.370 e. The third kappa shape index (κ3) is 4.40. The Balaban J connectivity index is 0.00000256. The lowest BCUT2D eigenvalue weighted by Gasteiger charge is -2.36. The van der Waals surface area contributed by atoms with Gasteiger partial charge in [-0.15, -0.1) is 24.0 Å². The third-order valence-corrected chi connectivity index (χ3v) is 5.27. The number of piperazine rings is 1. The van der Waals surface area contributed by atoms with E-state index in [0.717, 1.165) is 18.8 Å². The van der Waals surface area contributed by atoms with Crippen LogP contribution in [0.2, 0.25) is 0 Å². The summed E-state index contributed by atoms with van der Waals surface area (Å²) < 4.78 is 13.1. The van der Waals surface area contributed by atoms with Crippen molar-refractivity contribution in [1.29, 1.82) is 0 Å². The van der Waals surface area contributed by atoms with Gasteiger partial charge in [-0.1, -0.05) is 12.1 Å². The van der Waals surface area contributed by atoms with Crippen molar-refractivity contribution >= 4 is 47.4 Å². The Kier molecular flexibility index (Phi) is 6.91. The third-order valence-electron chi connectivity index (χ3n) is 5.27. The first-order chi connectivity index (χ1) is 14.0. The summed E-state index contributed by atoms with van der Waals surface area (Å²) in [6, 6.07) is 13.3. The first kappa shape index (κ1) is 22.0. The SMILES string of the molecule is I.NC(=NCCN1C(=O)c2ccccc2C1=O)N1CCN(c2ccc(F)cc2)CC1. The zero-order chi connectivity index (χ0) is 20.4. The number of anilines is 1. The number of aliphatic imine (C=N–C) groups is 1. The number of nitrogens with two attached hydrogens (primary N) is 1. The molecule has 0 unspecified atom stereocenters. The predicted octanol–water partition coefficient (Wildman–Crippen LogP) is 2.18. The number of benzene rings is 2. The van der Waals surface area contributed by atoms with Gasteiger partial charge in [0.25, 0.3) is 11.8 Å². The first-order valence-electron chi connectivity index (χ1n) is 9.55. The minimum atomic E-state index is -0.285. The van der Waals surface area contributed by atoms with Gasteiger partial charge in [-0.25, -0.2) is 4.39 Å². The first-order valence-corrected chi connectivity index (χ1v) is 9.55. The summed E-state index contributed by atoms with van der Waals surface area (Å²) in [5.41, 5.74) is 7.96. The van der Waals surface area contributed by atoms with Crippen LogP contribution in [0.15, 0.2) is 53.5 Å². The predicted molar refractivity (Wildman–Crippen MR) is 124 cm³/mol. The van der Waals surface area contributed by atoms with Gasteiger partial charge in [-0.3, -0.25) is 19.5 Å². The van der Waals surface area contributed by atoms with Crippen LogP contribution in [-0.4, -0.2) is 66.8 Å². The lowest BCUT2D eigenvalue weighted by Crippen LogP contribution is -2.51. The van der Waals surface area contributed by atoms with E-state index in [4.69, 9.17) is 5.73 Å². The van der Waals surface area contributed by atoms with Crippen molar-refractivity contribution in [3.8, 4) is 0 Å². The molecule has 0 aromatic heterocycles. The van der Waals surface area contributed by atoms with Gasteiger partial charge in [0.15, 0.2) is 5.96 Å². The van der Waals surface area contributed by atoms with E-state index in [2.05, 4.69) is 9.89 Å². The van der Waals surface area contributed by atoms with E-state index in [0.29, 0.717) is 30.2 Å². The Morgan fingerprint density at radius 1 is 0.933 bits per heavy atom. The van der Waals surface area contributed by atoms with Crippen molar-refractivity contribution in [2.75, 3.05) is 44.2 Å². The van der Waals surface area contributed by atoms with Gasteiger partial charge in [0.1, 0.15) is 5.82 Å². The Hall–Kier alpha value is -2.69. The molecule has 2 aliphatic heterocycles. The number of halogens is 2. The Morgan fingerprint density at radius 3 is 2.07 bits per heavy atom. The van der Waals surface area contributed by atoms with Crippen LogP contribution in [0.25, 0.3) is 0 Å². The molecule has 0 saturated carbocycles. The summed E-state index contributed by atoms with van der Waals surface area (Å²) in [6.07, 6.45) is 0. The second-order valence-electron chi connectivity index (χ2n) is 7.00. The number of imide groups is 1. The number of rotatable bonds is 4. The standard InChI is InChI=1S/C21H22FN5O2.HI/c22-15-5-7-16(8-6-15)25-11-13-26(14-12-25)21(23)24-9-10-27-19(28)17-3-1-2-4-18(17)20(27)29;/h1-8H,9-14H2,(H2,23,24);1H. The normalized spacial score (nSPS) is 16.6. The number of amides is 2. The van der Waals surface area contributed by atoms with E-state index in [9.17, 15) is 14.0 Å². The maximum Gasteiger partial charge on any atom is 0.261 e. The van der Waals surface area contributed by atoms with E-state index >= 15 is 0 Å². The highest BCUT2D eigenvalue weighted by atomic mass is 127. The molecule has 0 atom stereocenters. The molecule has 2 aliphatic rings. The van der Waals surface area contributed by atoms with Crippen molar-refractivity contribution < 1.29 is 14.0 Å². The quantitative estimate of drug-likeness (QED) is 0.288. The van der Waals surface area contributed by atoms with Gasteiger partial charge in [0, 0.05) is 38.4 Å². The highest BCUT2D eigenvalue weighted by Crippen LogP contribution is 2.22. The zero-order valence-electron chi connectivity index (χ0n) is 16.3. The summed E-state index contributed by atoms with van der Waals surface area (Å²) in [7, 11) is 0. The van der Waals surface area contributed by atoms with Crippen LogP contribution in [0.4, 0.5) is 10.1 Å². The Bertz CT molecular complexity index is 923. The molecule has 30 heavy (non-hydrogen) atoms. The highest BCUT2D eigenvalue weighted by Gasteiger charge is 2.34. The maximum atomic E-state index is 13.1. The van der Waals surface area contributed by atoms with Crippen LogP contribution in [0.5, 0.6) is 0 Å². The van der Waals surface area contributed by atoms with Crippen molar-refractivity contribution in [3.05, 3.63) is 65.5 Å². The second-order valence-corrected chi connectivity index (χ2v) is 7.00. The molecule has 2 aromatic carbocycles. The van der Waals surface area contributed by atoms with Crippen molar-refractivity contribution in [1.82, 2.24) is 9.80 Å². The molecule has 0 spiro atoms. The fraction of sp³-hybridized carbons (Fsp3) is 0.286. The molecule has 9 heteroatoms. The summed E-state index contributed by atoms with van der Waals surface area (Å²) in [5.74, 6) is -0.415. The fourth-order valence-corrected chi connectivity index (χ4v) is 3.65. The Morgan fingerprint density at radius 2 is 1.50 bits per heavy atom. The molecular formula is C21H23FIN5O2. The van der Waals surface area contributed by atoms with E-state index < -0.39 is 0 Å². The molecule has 0 radical (unpaired) electrons. The molecule has 158 valence electrons. The average molecular weight is 523 g/mol. The summed E-state index contributed by atoms with van der Waals surface area (Å²) in [4.78, 5) is 34.4. The number of carbonyl (C=O) groups excluding carboxylic acids is 2. The molecule has 1 fully saturated rings. The van der Waals surface area contributed by atoms with Crippen LogP contribution in [0.3, 0.4) is 0 Å². The summed E-state index contributed by atoms with van der Waals surface area (Å²) in [5, 5.41) is 0. The monoisotopic (exact) mass is 523 g/mol. The minimum Gasteiger partial charge on any atom is -0.370 e. The smallest absolute Gasteiger partial charge is 0.261 e. The Labute approximate surface area is 191 Å². The van der Waals surface area contributed by atoms with Gasteiger partial charge in [-0.2, -0.15) is 0 Å². The van der Waals surface area contributed by atoms with Crippen LogP contribution in [0, 0.1) is 5.82 Å². The molecule has 4 rings (SSSR count). The van der Waals surface area contributed by atoms with Gasteiger partial charge >= 0.3 is 0 Å². The van der Waals surface area contributed by atoms with Crippen LogP contribution < -0.4 is 10.6 Å². The molecule has 2 aromatic rings. The van der Waals surface area contributed by atoms with Crippen molar-refractivity contribution in [2.24, 2.45) is 10.7 Å². The number of hydrogen-bond donors (Lipinski definition) is 1. The van der Waals surface area contributed by atoms with E-state index in [1.165, 1.54) is 17.0 Å². The van der Waals surface area contributed by atoms with Gasteiger partial charge < -0.3 is 15.5 Å². The second kappa shape index (κ2) is 9.41.